The number of nitrogens with two attached hydrogens (primary N) is 2. The number of benzene rings is 1. The molecule has 0 aliphatic rings. The molecule has 1 aromatic rings. The van der Waals surface area contributed by atoms with Gasteiger partial charge in [-0.25, -0.2) is 13.6 Å². The van der Waals surface area contributed by atoms with E-state index in [0.29, 0.717) is 17.0 Å². The minimum absolute atomic E-state index is 0.0345. The molecule has 5 N–H and O–H groups in total. The van der Waals surface area contributed by atoms with Gasteiger partial charge >= 0.3 is 0 Å². The molecule has 0 radical (unpaired) electrons. The fourth-order valence-electron chi connectivity index (χ4n) is 1.30. The largest absolute Gasteiger partial charge is 0.399 e. The van der Waals surface area contributed by atoms with Crippen molar-refractivity contribution in [3.8, 4) is 0 Å². The normalized spacial score (nSPS) is 13.6. The van der Waals surface area contributed by atoms with Crippen LogP contribution in [0.3, 0.4) is 0 Å². The molecule has 0 amide bonds. The van der Waals surface area contributed by atoms with Crippen LogP contribution in [0, 0.1) is 0 Å². The highest BCUT2D eigenvalue weighted by atomic mass is 32.2. The molecular weight excluding hydrogens is 260 g/mol. The number of hydrogen-bond acceptors (Lipinski definition) is 5. The highest BCUT2D eigenvalue weighted by molar-refractivity contribution is 8.00. The van der Waals surface area contributed by atoms with Crippen LogP contribution in [0.2, 0.25) is 0 Å². The molecule has 0 saturated heterocycles. The molecule has 0 bridgehead atoms. The van der Waals surface area contributed by atoms with Crippen LogP contribution < -0.4 is 10.9 Å². The van der Waals surface area contributed by atoms with Gasteiger partial charge in [0, 0.05) is 22.4 Å². The van der Waals surface area contributed by atoms with E-state index in [1.807, 2.05) is 6.92 Å². The van der Waals surface area contributed by atoms with Gasteiger partial charge in [-0.1, -0.05) is 6.92 Å². The fourth-order valence-corrected chi connectivity index (χ4v) is 3.42. The Kier molecular flexibility index (Phi) is 4.81. The van der Waals surface area contributed by atoms with Crippen LogP contribution in [0.1, 0.15) is 13.3 Å². The molecule has 0 heterocycles. The van der Waals surface area contributed by atoms with E-state index in [9.17, 15) is 8.42 Å². The number of thioether (sulfide) groups is 1. The third-order valence-electron chi connectivity index (χ3n) is 2.14. The molecule has 1 aromatic carbocycles. The standard InChI is InChI=1S/C10H16N2O3S2/c1-7(4-5-13)16-9-3-2-8(11)6-10(9)17(12,14)15/h2-3,6-7,13H,4-5,11H2,1H3,(H2,12,14,15). The van der Waals surface area contributed by atoms with Crippen molar-refractivity contribution in [1.29, 1.82) is 0 Å². The van der Waals surface area contributed by atoms with Crippen molar-refractivity contribution in [2.24, 2.45) is 5.14 Å². The highest BCUT2D eigenvalue weighted by Crippen LogP contribution is 2.31. The van der Waals surface area contributed by atoms with Crippen LogP contribution in [-0.2, 0) is 10.0 Å². The SMILES string of the molecule is CC(CCO)Sc1ccc(N)cc1S(N)(=O)=O. The van der Waals surface area contributed by atoms with Crippen molar-refractivity contribution in [2.45, 2.75) is 28.4 Å². The summed E-state index contributed by atoms with van der Waals surface area (Å²) in [6.07, 6.45) is 0.582. The first-order valence-corrected chi connectivity index (χ1v) is 7.47. The predicted octanol–water partition coefficient (Wildman–Crippen LogP) is 0.779. The van der Waals surface area contributed by atoms with Crippen molar-refractivity contribution >= 4 is 27.5 Å². The Labute approximate surface area is 105 Å². The molecule has 1 atom stereocenters. The molecule has 5 nitrogen and oxygen atoms in total. The topological polar surface area (TPSA) is 106 Å². The van der Waals surface area contributed by atoms with Crippen LogP contribution in [0.4, 0.5) is 5.69 Å². The van der Waals surface area contributed by atoms with E-state index in [0.717, 1.165) is 0 Å². The first-order valence-electron chi connectivity index (χ1n) is 5.04. The quantitative estimate of drug-likeness (QED) is 0.544. The number of primary sulfonamides is 1. The van der Waals surface area contributed by atoms with Gasteiger partial charge in [0.15, 0.2) is 0 Å². The second-order valence-corrected chi connectivity index (χ2v) is 6.70. The number of sulfonamides is 1. The van der Waals surface area contributed by atoms with E-state index in [4.69, 9.17) is 16.0 Å². The maximum Gasteiger partial charge on any atom is 0.239 e. The van der Waals surface area contributed by atoms with Crippen molar-refractivity contribution in [2.75, 3.05) is 12.3 Å². The van der Waals surface area contributed by atoms with Gasteiger partial charge in [0.2, 0.25) is 10.0 Å². The van der Waals surface area contributed by atoms with Gasteiger partial charge in [0.25, 0.3) is 0 Å². The molecule has 0 aliphatic heterocycles. The first kappa shape index (κ1) is 14.3. The third kappa shape index (κ3) is 4.19. The average molecular weight is 276 g/mol. The fraction of sp³-hybridized carbons (Fsp3) is 0.400. The van der Waals surface area contributed by atoms with Crippen LogP contribution in [0.15, 0.2) is 28.0 Å². The maximum absolute atomic E-state index is 11.4. The van der Waals surface area contributed by atoms with Crippen LogP contribution in [0.5, 0.6) is 0 Å². The summed E-state index contributed by atoms with van der Waals surface area (Å²) in [5.41, 5.74) is 5.90. The second-order valence-electron chi connectivity index (χ2n) is 3.69. The third-order valence-corrected chi connectivity index (χ3v) is 4.47. The van der Waals surface area contributed by atoms with Gasteiger partial charge in [0.1, 0.15) is 0 Å². The van der Waals surface area contributed by atoms with Gasteiger partial charge in [-0.3, -0.25) is 0 Å². The van der Waals surface area contributed by atoms with E-state index in [1.165, 1.54) is 17.8 Å². The lowest BCUT2D eigenvalue weighted by molar-refractivity contribution is 0.289. The summed E-state index contributed by atoms with van der Waals surface area (Å²) in [5, 5.41) is 14.0. The predicted molar refractivity (Wildman–Crippen MR) is 69.2 cm³/mol. The second kappa shape index (κ2) is 5.72. The average Bonchev–Trinajstić information content (AvgIpc) is 2.19. The monoisotopic (exact) mass is 276 g/mol. The van der Waals surface area contributed by atoms with E-state index < -0.39 is 10.0 Å². The van der Waals surface area contributed by atoms with Crippen LogP contribution in [0.25, 0.3) is 0 Å². The molecule has 1 unspecified atom stereocenters. The summed E-state index contributed by atoms with van der Waals surface area (Å²) in [4.78, 5) is 0.593. The van der Waals surface area contributed by atoms with E-state index in [-0.39, 0.29) is 16.8 Å². The summed E-state index contributed by atoms with van der Waals surface area (Å²) >= 11 is 1.36. The van der Waals surface area contributed by atoms with E-state index in [1.54, 1.807) is 12.1 Å². The number of aliphatic hydroxyl groups excluding tert-OH is 1. The highest BCUT2D eigenvalue weighted by Gasteiger charge is 2.16. The van der Waals surface area contributed by atoms with E-state index in [2.05, 4.69) is 0 Å². The Bertz CT molecular complexity index is 488. The lowest BCUT2D eigenvalue weighted by Gasteiger charge is -2.12. The molecule has 17 heavy (non-hydrogen) atoms. The summed E-state index contributed by atoms with van der Waals surface area (Å²) in [6, 6.07) is 4.61. The van der Waals surface area contributed by atoms with Gasteiger partial charge in [-0.05, 0) is 24.6 Å². The Balaban J connectivity index is 3.07. The number of anilines is 1. The zero-order chi connectivity index (χ0) is 13.1. The lowest BCUT2D eigenvalue weighted by Crippen LogP contribution is -2.14. The smallest absolute Gasteiger partial charge is 0.239 e. The van der Waals surface area contributed by atoms with E-state index >= 15 is 0 Å². The number of rotatable bonds is 5. The maximum atomic E-state index is 11.4. The molecule has 7 heteroatoms. The minimum atomic E-state index is -3.78. The zero-order valence-corrected chi connectivity index (χ0v) is 11.1. The molecule has 0 spiro atoms. The number of hydrogen-bond donors (Lipinski definition) is 3. The summed E-state index contributed by atoms with van der Waals surface area (Å²) < 4.78 is 22.8. The van der Waals surface area contributed by atoms with Crippen LogP contribution >= 0.6 is 11.8 Å². The summed E-state index contributed by atoms with van der Waals surface area (Å²) in [5.74, 6) is 0. The summed E-state index contributed by atoms with van der Waals surface area (Å²) in [6.45, 7) is 1.97. The molecule has 96 valence electrons. The Morgan fingerprint density at radius 1 is 1.47 bits per heavy atom. The van der Waals surface area contributed by atoms with Crippen molar-refractivity contribution in [3.63, 3.8) is 0 Å². The molecule has 0 aromatic heterocycles. The van der Waals surface area contributed by atoms with Crippen molar-refractivity contribution in [1.82, 2.24) is 0 Å². The number of aliphatic hydroxyl groups is 1. The van der Waals surface area contributed by atoms with Crippen molar-refractivity contribution < 1.29 is 13.5 Å². The zero-order valence-electron chi connectivity index (χ0n) is 9.46. The first-order chi connectivity index (χ1) is 7.84. The minimum Gasteiger partial charge on any atom is -0.399 e. The molecule has 0 aliphatic carbocycles. The van der Waals surface area contributed by atoms with Gasteiger partial charge < -0.3 is 10.8 Å². The van der Waals surface area contributed by atoms with Gasteiger partial charge in [-0.15, -0.1) is 11.8 Å². The summed E-state index contributed by atoms with van der Waals surface area (Å²) in [7, 11) is -3.78. The lowest BCUT2D eigenvalue weighted by atomic mass is 10.3. The van der Waals surface area contributed by atoms with Crippen LogP contribution in [-0.4, -0.2) is 25.4 Å². The van der Waals surface area contributed by atoms with Gasteiger partial charge in [0.05, 0.1) is 4.90 Å². The molecule has 1 rings (SSSR count). The molecular formula is C10H16N2O3S2. The van der Waals surface area contributed by atoms with Crippen molar-refractivity contribution in [3.05, 3.63) is 18.2 Å². The molecule has 0 fully saturated rings. The Morgan fingerprint density at radius 2 is 2.12 bits per heavy atom. The molecule has 0 saturated carbocycles. The Morgan fingerprint density at radius 3 is 2.65 bits per heavy atom. The number of nitrogen functional groups attached to an aromatic ring is 1. The Hall–Kier alpha value is -0.760. The van der Waals surface area contributed by atoms with Gasteiger partial charge in [-0.2, -0.15) is 0 Å².